The minimum atomic E-state index is -3.75. The van der Waals surface area contributed by atoms with Crippen LogP contribution >= 0.6 is 22.0 Å². The molecule has 1 unspecified atom stereocenters. The summed E-state index contributed by atoms with van der Waals surface area (Å²) in [6.45, 7) is 7.97. The van der Waals surface area contributed by atoms with Crippen LogP contribution in [0.5, 0.6) is 0 Å². The van der Waals surface area contributed by atoms with Gasteiger partial charge in [0.15, 0.2) is 0 Å². The average Bonchev–Trinajstić information content (AvgIpc) is 2.96. The third kappa shape index (κ3) is 3.35. The van der Waals surface area contributed by atoms with E-state index in [1.165, 1.54) is 6.07 Å². The fourth-order valence-electron chi connectivity index (χ4n) is 2.39. The Labute approximate surface area is 128 Å². The van der Waals surface area contributed by atoms with E-state index >= 15 is 0 Å². The highest BCUT2D eigenvalue weighted by Crippen LogP contribution is 2.34. The van der Waals surface area contributed by atoms with Crippen LogP contribution in [0.2, 0.25) is 0 Å². The minimum Gasteiger partial charge on any atom is -0.338 e. The first kappa shape index (κ1) is 15.8. The number of halogens is 1. The number of hydrogen-bond acceptors (Lipinski definition) is 4. The van der Waals surface area contributed by atoms with Gasteiger partial charge in [-0.1, -0.05) is 20.8 Å². The molecular weight excluding hydrogens is 318 g/mol. The van der Waals surface area contributed by atoms with Gasteiger partial charge in [0.05, 0.1) is 5.56 Å². The summed E-state index contributed by atoms with van der Waals surface area (Å²) in [5.74, 6) is 0.362. The normalized spacial score (nSPS) is 20.4. The van der Waals surface area contributed by atoms with Crippen LogP contribution in [0, 0.1) is 11.3 Å². The van der Waals surface area contributed by atoms with Crippen LogP contribution in [0.25, 0.3) is 0 Å². The lowest BCUT2D eigenvalue weighted by molar-refractivity contribution is 0.0777. The van der Waals surface area contributed by atoms with Gasteiger partial charge < -0.3 is 4.90 Å². The molecule has 7 heteroatoms. The number of nitrogens with zero attached hydrogens (tertiary/aromatic N) is 1. The molecule has 1 aliphatic rings. The molecule has 0 saturated carbocycles. The predicted octanol–water partition coefficient (Wildman–Crippen LogP) is 3.18. The lowest BCUT2D eigenvalue weighted by Crippen LogP contribution is -2.30. The zero-order valence-electron chi connectivity index (χ0n) is 11.7. The Morgan fingerprint density at radius 3 is 2.55 bits per heavy atom. The van der Waals surface area contributed by atoms with Crippen molar-refractivity contribution >= 4 is 37.0 Å². The van der Waals surface area contributed by atoms with E-state index < -0.39 is 9.05 Å². The van der Waals surface area contributed by atoms with Gasteiger partial charge in [0.25, 0.3) is 15.0 Å². The molecule has 1 aromatic rings. The molecule has 0 bridgehead atoms. The van der Waals surface area contributed by atoms with E-state index in [1.807, 2.05) is 0 Å². The van der Waals surface area contributed by atoms with Gasteiger partial charge >= 0.3 is 0 Å². The Morgan fingerprint density at radius 2 is 2.10 bits per heavy atom. The SMILES string of the molecule is CC(C)(C)C1CCN(C(=O)c2csc(S(=O)(=O)Cl)c2)C1. The van der Waals surface area contributed by atoms with E-state index in [9.17, 15) is 13.2 Å². The molecule has 1 aromatic heterocycles. The Bertz CT molecular complexity index is 616. The molecule has 1 fully saturated rings. The second-order valence-corrected chi connectivity index (χ2v) is 9.90. The molecule has 2 heterocycles. The van der Waals surface area contributed by atoms with E-state index in [1.54, 1.807) is 10.3 Å². The zero-order valence-corrected chi connectivity index (χ0v) is 14.1. The van der Waals surface area contributed by atoms with Crippen molar-refractivity contribution in [3.05, 3.63) is 17.0 Å². The van der Waals surface area contributed by atoms with Crippen LogP contribution in [-0.2, 0) is 9.05 Å². The molecule has 0 radical (unpaired) electrons. The summed E-state index contributed by atoms with van der Waals surface area (Å²) in [7, 11) is 1.52. The zero-order chi connectivity index (χ0) is 15.1. The topological polar surface area (TPSA) is 54.5 Å². The number of hydrogen-bond donors (Lipinski definition) is 0. The summed E-state index contributed by atoms with van der Waals surface area (Å²) < 4.78 is 22.5. The van der Waals surface area contributed by atoms with Gasteiger partial charge in [0, 0.05) is 29.2 Å². The summed E-state index contributed by atoms with van der Waals surface area (Å²) in [5.41, 5.74) is 0.581. The van der Waals surface area contributed by atoms with Gasteiger partial charge in [-0.25, -0.2) is 8.42 Å². The Morgan fingerprint density at radius 1 is 1.45 bits per heavy atom. The molecule has 1 saturated heterocycles. The second-order valence-electron chi connectivity index (χ2n) is 6.20. The lowest BCUT2D eigenvalue weighted by atomic mass is 9.80. The molecule has 0 aliphatic carbocycles. The first-order valence-corrected chi connectivity index (χ1v) is 9.60. The number of carbonyl (C=O) groups is 1. The van der Waals surface area contributed by atoms with Crippen molar-refractivity contribution in [2.24, 2.45) is 11.3 Å². The molecule has 112 valence electrons. The van der Waals surface area contributed by atoms with Crippen molar-refractivity contribution in [2.75, 3.05) is 13.1 Å². The van der Waals surface area contributed by atoms with Gasteiger partial charge in [0.2, 0.25) is 0 Å². The highest BCUT2D eigenvalue weighted by Gasteiger charge is 2.34. The van der Waals surface area contributed by atoms with E-state index in [-0.39, 0.29) is 15.5 Å². The van der Waals surface area contributed by atoms with Gasteiger partial charge in [-0.2, -0.15) is 0 Å². The van der Waals surface area contributed by atoms with E-state index in [2.05, 4.69) is 20.8 Å². The first-order valence-electron chi connectivity index (χ1n) is 6.41. The first-order chi connectivity index (χ1) is 9.09. The number of likely N-dealkylation sites (tertiary alicyclic amines) is 1. The summed E-state index contributed by atoms with van der Waals surface area (Å²) in [4.78, 5) is 14.1. The molecule has 4 nitrogen and oxygen atoms in total. The number of carbonyl (C=O) groups excluding carboxylic acids is 1. The monoisotopic (exact) mass is 335 g/mol. The maximum Gasteiger partial charge on any atom is 0.270 e. The summed E-state index contributed by atoms with van der Waals surface area (Å²) >= 11 is 0.983. The summed E-state index contributed by atoms with van der Waals surface area (Å²) in [6.07, 6.45) is 0.986. The number of amides is 1. The number of rotatable bonds is 2. The van der Waals surface area contributed by atoms with Gasteiger partial charge in [-0.15, -0.1) is 11.3 Å². The van der Waals surface area contributed by atoms with Crippen LogP contribution < -0.4 is 0 Å². The Balaban J connectivity index is 2.12. The molecule has 1 aliphatic heterocycles. The largest absolute Gasteiger partial charge is 0.338 e. The molecule has 1 amide bonds. The van der Waals surface area contributed by atoms with Crippen molar-refractivity contribution in [3.8, 4) is 0 Å². The van der Waals surface area contributed by atoms with Crippen molar-refractivity contribution < 1.29 is 13.2 Å². The molecule has 2 rings (SSSR count). The van der Waals surface area contributed by atoms with Gasteiger partial charge in [-0.05, 0) is 23.8 Å². The quantitative estimate of drug-likeness (QED) is 0.780. The number of thiophene rings is 1. The van der Waals surface area contributed by atoms with Crippen molar-refractivity contribution in [1.82, 2.24) is 4.90 Å². The second kappa shape index (κ2) is 5.31. The fourth-order valence-corrected chi connectivity index (χ4v) is 4.33. The van der Waals surface area contributed by atoms with Crippen LogP contribution in [0.4, 0.5) is 0 Å². The third-order valence-corrected chi connectivity index (χ3v) is 6.80. The van der Waals surface area contributed by atoms with Crippen molar-refractivity contribution in [3.63, 3.8) is 0 Å². The molecule has 1 atom stereocenters. The molecule has 20 heavy (non-hydrogen) atoms. The van der Waals surface area contributed by atoms with Crippen LogP contribution in [0.3, 0.4) is 0 Å². The Hall–Kier alpha value is -0.590. The maximum atomic E-state index is 12.4. The highest BCUT2D eigenvalue weighted by molar-refractivity contribution is 8.15. The molecule has 0 spiro atoms. The lowest BCUT2D eigenvalue weighted by Gasteiger charge is -2.26. The molecule has 0 aromatic carbocycles. The molecular formula is C13H18ClNO3S2. The van der Waals surface area contributed by atoms with Crippen LogP contribution in [0.15, 0.2) is 15.7 Å². The van der Waals surface area contributed by atoms with Crippen molar-refractivity contribution in [1.29, 1.82) is 0 Å². The molecule has 0 N–H and O–H groups in total. The van der Waals surface area contributed by atoms with E-state index in [0.29, 0.717) is 11.5 Å². The predicted molar refractivity (Wildman–Crippen MR) is 80.8 cm³/mol. The minimum absolute atomic E-state index is 0.0223. The average molecular weight is 336 g/mol. The van der Waals surface area contributed by atoms with Crippen molar-refractivity contribution in [2.45, 2.75) is 31.4 Å². The van der Waals surface area contributed by atoms with Gasteiger partial charge in [-0.3, -0.25) is 4.79 Å². The standard InChI is InChI=1S/C13H18ClNO3S2/c1-13(2,3)10-4-5-15(7-10)12(16)9-6-11(19-8-9)20(14,17)18/h6,8,10H,4-5,7H2,1-3H3. The summed E-state index contributed by atoms with van der Waals surface area (Å²) in [5, 5.41) is 1.56. The van der Waals surface area contributed by atoms with E-state index in [4.69, 9.17) is 10.7 Å². The smallest absolute Gasteiger partial charge is 0.270 e. The highest BCUT2D eigenvalue weighted by atomic mass is 35.7. The van der Waals surface area contributed by atoms with Gasteiger partial charge in [0.1, 0.15) is 4.21 Å². The van der Waals surface area contributed by atoms with E-state index in [0.717, 1.165) is 30.8 Å². The van der Waals surface area contributed by atoms with Crippen LogP contribution in [-0.4, -0.2) is 32.3 Å². The maximum absolute atomic E-state index is 12.4. The third-order valence-electron chi connectivity index (χ3n) is 3.76. The fraction of sp³-hybridized carbons (Fsp3) is 0.615. The van der Waals surface area contributed by atoms with Crippen LogP contribution in [0.1, 0.15) is 37.6 Å². The summed E-state index contributed by atoms with van der Waals surface area (Å²) in [6, 6.07) is 1.36. The Kier molecular flexibility index (Phi) is 4.19.